The Balaban J connectivity index is 2.30. The maximum Gasteiger partial charge on any atom is 0.181 e. The standard InChI is InChI=1S/C14H7ClO2/c15-8-5-6-12-10(7-8)14-13(17-12)9-3-1-2-4-11(9)16-14/h1-7H. The van der Waals surface area contributed by atoms with Crippen LogP contribution in [0.15, 0.2) is 51.3 Å². The third kappa shape index (κ3) is 1.16. The average Bonchev–Trinajstić information content (AvgIpc) is 2.85. The van der Waals surface area contributed by atoms with Crippen LogP contribution in [0.3, 0.4) is 0 Å². The van der Waals surface area contributed by atoms with Crippen LogP contribution in [0.1, 0.15) is 0 Å². The SMILES string of the molecule is Clc1ccc2oc3c4ccccc4oc3c2c1. The van der Waals surface area contributed by atoms with Gasteiger partial charge in [0.15, 0.2) is 11.2 Å². The van der Waals surface area contributed by atoms with E-state index in [2.05, 4.69) is 0 Å². The zero-order chi connectivity index (χ0) is 11.4. The molecule has 0 N–H and O–H groups in total. The van der Waals surface area contributed by atoms with Crippen LogP contribution in [0, 0.1) is 0 Å². The lowest BCUT2D eigenvalue weighted by atomic mass is 10.2. The molecule has 0 radical (unpaired) electrons. The van der Waals surface area contributed by atoms with Gasteiger partial charge in [-0.05, 0) is 30.3 Å². The molecule has 0 bridgehead atoms. The second-order valence-corrected chi connectivity index (χ2v) is 4.44. The third-order valence-corrected chi connectivity index (χ3v) is 3.18. The summed E-state index contributed by atoms with van der Waals surface area (Å²) in [6.45, 7) is 0. The van der Waals surface area contributed by atoms with Crippen molar-refractivity contribution in [3.8, 4) is 0 Å². The van der Waals surface area contributed by atoms with Gasteiger partial charge >= 0.3 is 0 Å². The van der Waals surface area contributed by atoms with E-state index in [0.29, 0.717) is 5.02 Å². The molecule has 2 aromatic carbocycles. The fourth-order valence-electron chi connectivity index (χ4n) is 2.18. The minimum absolute atomic E-state index is 0.681. The summed E-state index contributed by atoms with van der Waals surface area (Å²) in [7, 11) is 0. The molecule has 2 heterocycles. The van der Waals surface area contributed by atoms with Crippen LogP contribution < -0.4 is 0 Å². The normalized spacial score (nSPS) is 11.8. The zero-order valence-corrected chi connectivity index (χ0v) is 9.49. The monoisotopic (exact) mass is 242 g/mol. The molecule has 0 aliphatic carbocycles. The topological polar surface area (TPSA) is 26.3 Å². The number of fused-ring (bicyclic) bond motifs is 5. The van der Waals surface area contributed by atoms with Crippen LogP contribution >= 0.6 is 11.6 Å². The van der Waals surface area contributed by atoms with Gasteiger partial charge in [-0.1, -0.05) is 23.7 Å². The van der Waals surface area contributed by atoms with Gasteiger partial charge in [-0.15, -0.1) is 0 Å². The van der Waals surface area contributed by atoms with Crippen molar-refractivity contribution in [2.75, 3.05) is 0 Å². The van der Waals surface area contributed by atoms with Gasteiger partial charge in [-0.3, -0.25) is 0 Å². The van der Waals surface area contributed by atoms with Crippen molar-refractivity contribution in [1.82, 2.24) is 0 Å². The van der Waals surface area contributed by atoms with Gasteiger partial charge in [0.25, 0.3) is 0 Å². The smallest absolute Gasteiger partial charge is 0.181 e. The number of furan rings is 2. The molecular formula is C14H7ClO2. The first-order valence-corrected chi connectivity index (χ1v) is 5.70. The van der Waals surface area contributed by atoms with E-state index in [4.69, 9.17) is 20.4 Å². The first kappa shape index (κ1) is 9.14. The van der Waals surface area contributed by atoms with E-state index in [9.17, 15) is 0 Å². The van der Waals surface area contributed by atoms with E-state index in [0.717, 1.165) is 33.1 Å². The lowest BCUT2D eigenvalue weighted by Crippen LogP contribution is -1.65. The van der Waals surface area contributed by atoms with Crippen molar-refractivity contribution in [1.29, 1.82) is 0 Å². The molecule has 2 nitrogen and oxygen atoms in total. The van der Waals surface area contributed by atoms with Crippen molar-refractivity contribution in [3.63, 3.8) is 0 Å². The highest BCUT2D eigenvalue weighted by Crippen LogP contribution is 2.37. The molecule has 0 fully saturated rings. The fraction of sp³-hybridized carbons (Fsp3) is 0. The molecule has 82 valence electrons. The molecule has 0 aliphatic rings. The van der Waals surface area contributed by atoms with Crippen LogP contribution in [-0.4, -0.2) is 0 Å². The summed E-state index contributed by atoms with van der Waals surface area (Å²) < 4.78 is 11.6. The molecule has 0 atom stereocenters. The van der Waals surface area contributed by atoms with Gasteiger partial charge in [-0.2, -0.15) is 0 Å². The predicted octanol–water partition coefficient (Wildman–Crippen LogP) is 4.99. The summed E-state index contributed by atoms with van der Waals surface area (Å²) in [6, 6.07) is 13.4. The Bertz CT molecular complexity index is 854. The Morgan fingerprint density at radius 1 is 0.765 bits per heavy atom. The summed E-state index contributed by atoms with van der Waals surface area (Å²) in [4.78, 5) is 0. The molecule has 0 saturated heterocycles. The Morgan fingerprint density at radius 3 is 2.35 bits per heavy atom. The van der Waals surface area contributed by atoms with Gasteiger partial charge in [-0.25, -0.2) is 0 Å². The van der Waals surface area contributed by atoms with Crippen LogP contribution in [0.2, 0.25) is 5.02 Å². The highest BCUT2D eigenvalue weighted by Gasteiger charge is 2.14. The van der Waals surface area contributed by atoms with Gasteiger partial charge < -0.3 is 8.83 Å². The lowest BCUT2D eigenvalue weighted by Gasteiger charge is -1.90. The molecular weight excluding hydrogens is 236 g/mol. The number of hydrogen-bond donors (Lipinski definition) is 0. The maximum atomic E-state index is 5.99. The summed E-state index contributed by atoms with van der Waals surface area (Å²) in [6.07, 6.45) is 0. The molecule has 0 amide bonds. The zero-order valence-electron chi connectivity index (χ0n) is 8.74. The summed E-state index contributed by atoms with van der Waals surface area (Å²) in [5.41, 5.74) is 3.19. The van der Waals surface area contributed by atoms with Crippen LogP contribution in [0.4, 0.5) is 0 Å². The number of halogens is 1. The first-order valence-electron chi connectivity index (χ1n) is 5.32. The number of hydrogen-bond acceptors (Lipinski definition) is 2. The van der Waals surface area contributed by atoms with Gasteiger partial charge in [0.2, 0.25) is 0 Å². The maximum absolute atomic E-state index is 5.99. The summed E-state index contributed by atoms with van der Waals surface area (Å²) in [5, 5.41) is 2.60. The van der Waals surface area contributed by atoms with Crippen molar-refractivity contribution in [2.45, 2.75) is 0 Å². The number of rotatable bonds is 0. The second-order valence-electron chi connectivity index (χ2n) is 4.00. The molecule has 0 aliphatic heterocycles. The molecule has 4 aromatic rings. The molecule has 3 heteroatoms. The Morgan fingerprint density at radius 2 is 1.47 bits per heavy atom. The van der Waals surface area contributed by atoms with Gasteiger partial charge in [0.1, 0.15) is 11.2 Å². The third-order valence-electron chi connectivity index (χ3n) is 2.95. The van der Waals surface area contributed by atoms with Crippen molar-refractivity contribution in [2.24, 2.45) is 0 Å². The van der Waals surface area contributed by atoms with E-state index in [1.165, 1.54) is 0 Å². The van der Waals surface area contributed by atoms with E-state index >= 15 is 0 Å². The Hall–Kier alpha value is -1.93. The number of para-hydroxylation sites is 1. The highest BCUT2D eigenvalue weighted by molar-refractivity contribution is 6.31. The Labute approximate surface area is 101 Å². The molecule has 0 saturated carbocycles. The van der Waals surface area contributed by atoms with Crippen molar-refractivity contribution in [3.05, 3.63) is 47.5 Å². The molecule has 0 spiro atoms. The largest absolute Gasteiger partial charge is 0.452 e. The second kappa shape index (κ2) is 3.05. The molecule has 2 aromatic heterocycles. The minimum atomic E-state index is 0.681. The van der Waals surface area contributed by atoms with Crippen molar-refractivity contribution < 1.29 is 8.83 Å². The van der Waals surface area contributed by atoms with E-state index in [1.54, 1.807) is 0 Å². The van der Waals surface area contributed by atoms with E-state index < -0.39 is 0 Å². The van der Waals surface area contributed by atoms with Gasteiger partial charge in [0.05, 0.1) is 10.8 Å². The van der Waals surface area contributed by atoms with Crippen LogP contribution in [0.5, 0.6) is 0 Å². The fourth-order valence-corrected chi connectivity index (χ4v) is 2.35. The predicted molar refractivity (Wildman–Crippen MR) is 68.5 cm³/mol. The minimum Gasteiger partial charge on any atom is -0.452 e. The molecule has 17 heavy (non-hydrogen) atoms. The van der Waals surface area contributed by atoms with Crippen LogP contribution in [-0.2, 0) is 0 Å². The Kier molecular flexibility index (Phi) is 1.64. The van der Waals surface area contributed by atoms with Crippen LogP contribution in [0.25, 0.3) is 33.1 Å². The molecule has 4 rings (SSSR count). The quantitative estimate of drug-likeness (QED) is 0.434. The average molecular weight is 243 g/mol. The van der Waals surface area contributed by atoms with E-state index in [-0.39, 0.29) is 0 Å². The summed E-state index contributed by atoms with van der Waals surface area (Å²) in [5.74, 6) is 0. The number of benzene rings is 2. The first-order chi connectivity index (χ1) is 8.33. The van der Waals surface area contributed by atoms with Gasteiger partial charge in [0, 0.05) is 5.02 Å². The highest BCUT2D eigenvalue weighted by atomic mass is 35.5. The summed E-state index contributed by atoms with van der Waals surface area (Å²) >= 11 is 5.99. The molecule has 0 unspecified atom stereocenters. The lowest BCUT2D eigenvalue weighted by molar-refractivity contribution is 0.653. The van der Waals surface area contributed by atoms with Crippen molar-refractivity contribution >= 4 is 44.7 Å². The van der Waals surface area contributed by atoms with E-state index in [1.807, 2.05) is 42.5 Å².